The number of nitrogens with zero attached hydrogens (tertiary/aromatic N) is 1. The van der Waals surface area contributed by atoms with Crippen LogP contribution in [0.15, 0.2) is 48.5 Å². The van der Waals surface area contributed by atoms with Gasteiger partial charge in [0.1, 0.15) is 17.3 Å². The number of para-hydroxylation sites is 1. The van der Waals surface area contributed by atoms with E-state index in [9.17, 15) is 4.79 Å². The number of pyridine rings is 1. The molecule has 146 valence electrons. The number of fused-ring (bicyclic) bond motifs is 1. The van der Waals surface area contributed by atoms with Gasteiger partial charge >= 0.3 is 0 Å². The molecule has 3 aromatic rings. The molecule has 1 amide bonds. The summed E-state index contributed by atoms with van der Waals surface area (Å²) in [7, 11) is 4.78. The highest BCUT2D eigenvalue weighted by atomic mass is 16.5. The summed E-state index contributed by atoms with van der Waals surface area (Å²) in [4.78, 5) is 17.3. The fraction of sp³-hybridized carbons (Fsp3) is 0.238. The molecule has 0 fully saturated rings. The Hall–Kier alpha value is -3.32. The van der Waals surface area contributed by atoms with Crippen LogP contribution in [0.2, 0.25) is 0 Å². The molecule has 2 N–H and O–H groups in total. The Kier molecular flexibility index (Phi) is 6.29. The highest BCUT2D eigenvalue weighted by molar-refractivity contribution is 6.07. The standard InChI is InChI=1S/C21H23N3O4/c1-26-11-10-22-21(25)16-13-20(23-17-7-5-4-6-15(16)17)24-18-9-8-14(27-2)12-19(18)28-3/h4-9,12-13H,10-11H2,1-3H3,(H,22,25)(H,23,24). The summed E-state index contributed by atoms with van der Waals surface area (Å²) < 4.78 is 15.7. The molecule has 0 aliphatic heterocycles. The smallest absolute Gasteiger partial charge is 0.252 e. The Morgan fingerprint density at radius 2 is 1.86 bits per heavy atom. The van der Waals surface area contributed by atoms with Crippen LogP contribution in [0.5, 0.6) is 11.5 Å². The van der Waals surface area contributed by atoms with Crippen molar-refractivity contribution in [3.63, 3.8) is 0 Å². The fourth-order valence-electron chi connectivity index (χ4n) is 2.83. The van der Waals surface area contributed by atoms with Gasteiger partial charge in [-0.15, -0.1) is 0 Å². The van der Waals surface area contributed by atoms with Crippen molar-refractivity contribution in [2.24, 2.45) is 0 Å². The summed E-state index contributed by atoms with van der Waals surface area (Å²) in [5.41, 5.74) is 1.98. The van der Waals surface area contributed by atoms with Crippen molar-refractivity contribution in [1.82, 2.24) is 10.3 Å². The molecule has 1 aromatic heterocycles. The van der Waals surface area contributed by atoms with E-state index in [0.717, 1.165) is 16.6 Å². The zero-order chi connectivity index (χ0) is 19.9. The first-order chi connectivity index (χ1) is 13.7. The molecule has 0 aliphatic carbocycles. The number of carbonyl (C=O) groups is 1. The maximum absolute atomic E-state index is 12.7. The van der Waals surface area contributed by atoms with Crippen LogP contribution in [0, 0.1) is 0 Å². The van der Waals surface area contributed by atoms with E-state index >= 15 is 0 Å². The summed E-state index contributed by atoms with van der Waals surface area (Å²) in [6.07, 6.45) is 0. The average molecular weight is 381 g/mol. The minimum Gasteiger partial charge on any atom is -0.497 e. The van der Waals surface area contributed by atoms with Crippen LogP contribution in [-0.4, -0.2) is 45.4 Å². The van der Waals surface area contributed by atoms with E-state index in [1.165, 1.54) is 0 Å². The van der Waals surface area contributed by atoms with Crippen LogP contribution in [0.1, 0.15) is 10.4 Å². The topological polar surface area (TPSA) is 81.7 Å². The number of hydrogen-bond donors (Lipinski definition) is 2. The number of aromatic nitrogens is 1. The third-order valence-corrected chi connectivity index (χ3v) is 4.22. The second-order valence-electron chi connectivity index (χ2n) is 6.01. The van der Waals surface area contributed by atoms with Gasteiger partial charge in [0.05, 0.1) is 37.6 Å². The van der Waals surface area contributed by atoms with Gasteiger partial charge in [-0.2, -0.15) is 0 Å². The second-order valence-corrected chi connectivity index (χ2v) is 6.01. The number of nitrogens with one attached hydrogen (secondary N) is 2. The number of anilines is 2. The monoisotopic (exact) mass is 381 g/mol. The van der Waals surface area contributed by atoms with Gasteiger partial charge in [-0.3, -0.25) is 4.79 Å². The van der Waals surface area contributed by atoms with Crippen LogP contribution < -0.4 is 20.1 Å². The predicted molar refractivity (Wildman–Crippen MR) is 109 cm³/mol. The molecule has 3 rings (SSSR count). The van der Waals surface area contributed by atoms with Gasteiger partial charge in [0.15, 0.2) is 0 Å². The van der Waals surface area contributed by atoms with E-state index in [-0.39, 0.29) is 5.91 Å². The lowest BCUT2D eigenvalue weighted by molar-refractivity contribution is 0.0938. The number of rotatable bonds is 8. The van der Waals surface area contributed by atoms with Crippen LogP contribution in [0.3, 0.4) is 0 Å². The molecule has 7 heteroatoms. The number of ether oxygens (including phenoxy) is 3. The number of amides is 1. The molecule has 7 nitrogen and oxygen atoms in total. The van der Waals surface area contributed by atoms with E-state index in [2.05, 4.69) is 15.6 Å². The zero-order valence-electron chi connectivity index (χ0n) is 16.1. The van der Waals surface area contributed by atoms with E-state index < -0.39 is 0 Å². The maximum atomic E-state index is 12.7. The minimum atomic E-state index is -0.180. The lowest BCUT2D eigenvalue weighted by atomic mass is 10.1. The van der Waals surface area contributed by atoms with Crippen molar-refractivity contribution in [2.45, 2.75) is 0 Å². The Morgan fingerprint density at radius 1 is 1.04 bits per heavy atom. The SMILES string of the molecule is COCCNC(=O)c1cc(Nc2ccc(OC)cc2OC)nc2ccccc12. The molecule has 0 radical (unpaired) electrons. The average Bonchev–Trinajstić information content (AvgIpc) is 2.73. The first kappa shape index (κ1) is 19.4. The summed E-state index contributed by atoms with van der Waals surface area (Å²) in [6, 6.07) is 14.7. The lowest BCUT2D eigenvalue weighted by Gasteiger charge is -2.14. The molecule has 28 heavy (non-hydrogen) atoms. The van der Waals surface area contributed by atoms with Gasteiger partial charge in [0.2, 0.25) is 0 Å². The summed E-state index contributed by atoms with van der Waals surface area (Å²) in [5.74, 6) is 1.66. The van der Waals surface area contributed by atoms with Crippen molar-refractivity contribution in [1.29, 1.82) is 0 Å². The molecule has 0 bridgehead atoms. The quantitative estimate of drug-likeness (QED) is 0.582. The van der Waals surface area contributed by atoms with Crippen molar-refractivity contribution in [2.75, 3.05) is 39.8 Å². The maximum Gasteiger partial charge on any atom is 0.252 e. The zero-order valence-corrected chi connectivity index (χ0v) is 16.1. The van der Waals surface area contributed by atoms with Crippen LogP contribution in [-0.2, 0) is 4.74 Å². The Balaban J connectivity index is 1.97. The van der Waals surface area contributed by atoms with Gasteiger partial charge < -0.3 is 24.8 Å². The number of benzene rings is 2. The van der Waals surface area contributed by atoms with E-state index in [1.807, 2.05) is 36.4 Å². The van der Waals surface area contributed by atoms with Gasteiger partial charge in [-0.25, -0.2) is 4.98 Å². The molecule has 0 saturated carbocycles. The molecule has 2 aromatic carbocycles. The van der Waals surface area contributed by atoms with Gasteiger partial charge in [0.25, 0.3) is 5.91 Å². The first-order valence-electron chi connectivity index (χ1n) is 8.82. The highest BCUT2D eigenvalue weighted by Crippen LogP contribution is 2.32. The van der Waals surface area contributed by atoms with Crippen molar-refractivity contribution in [3.05, 3.63) is 54.1 Å². The van der Waals surface area contributed by atoms with E-state index in [1.54, 1.807) is 33.5 Å². The molecule has 0 saturated heterocycles. The molecule has 1 heterocycles. The summed E-state index contributed by atoms with van der Waals surface area (Å²) in [5, 5.41) is 6.88. The second kappa shape index (κ2) is 9.05. The Morgan fingerprint density at radius 3 is 2.61 bits per heavy atom. The van der Waals surface area contributed by atoms with E-state index in [4.69, 9.17) is 14.2 Å². The number of methoxy groups -OCH3 is 3. The molecular weight excluding hydrogens is 358 g/mol. The molecule has 0 atom stereocenters. The largest absolute Gasteiger partial charge is 0.497 e. The summed E-state index contributed by atoms with van der Waals surface area (Å²) in [6.45, 7) is 0.879. The predicted octanol–water partition coefficient (Wildman–Crippen LogP) is 3.37. The van der Waals surface area contributed by atoms with Crippen molar-refractivity contribution < 1.29 is 19.0 Å². The van der Waals surface area contributed by atoms with Gasteiger partial charge in [0, 0.05) is 25.1 Å². The fourth-order valence-corrected chi connectivity index (χ4v) is 2.83. The molecular formula is C21H23N3O4. The minimum absolute atomic E-state index is 0.180. The van der Waals surface area contributed by atoms with Crippen molar-refractivity contribution in [3.8, 4) is 11.5 Å². The van der Waals surface area contributed by atoms with Crippen molar-refractivity contribution >= 4 is 28.3 Å². The number of hydrogen-bond acceptors (Lipinski definition) is 6. The van der Waals surface area contributed by atoms with E-state index in [0.29, 0.717) is 36.0 Å². The third kappa shape index (κ3) is 4.32. The Bertz CT molecular complexity index is 975. The van der Waals surface area contributed by atoms with Gasteiger partial charge in [-0.1, -0.05) is 18.2 Å². The molecule has 0 aliphatic rings. The first-order valence-corrected chi connectivity index (χ1v) is 8.82. The van der Waals surface area contributed by atoms with Crippen LogP contribution in [0.25, 0.3) is 10.9 Å². The third-order valence-electron chi connectivity index (χ3n) is 4.22. The van der Waals surface area contributed by atoms with Crippen LogP contribution >= 0.6 is 0 Å². The highest BCUT2D eigenvalue weighted by Gasteiger charge is 2.14. The molecule has 0 spiro atoms. The summed E-state index contributed by atoms with van der Waals surface area (Å²) >= 11 is 0. The lowest BCUT2D eigenvalue weighted by Crippen LogP contribution is -2.27. The molecule has 0 unspecified atom stereocenters. The van der Waals surface area contributed by atoms with Crippen LogP contribution in [0.4, 0.5) is 11.5 Å². The van der Waals surface area contributed by atoms with Gasteiger partial charge in [-0.05, 0) is 24.3 Å². The normalized spacial score (nSPS) is 10.5. The number of carbonyl (C=O) groups excluding carboxylic acids is 1. The Labute approximate surface area is 163 Å².